The molecule has 1 atom stereocenters. The number of hydrogen-bond donors (Lipinski definition) is 2. The van der Waals surface area contributed by atoms with Gasteiger partial charge in [0.15, 0.2) is 5.22 Å². The van der Waals surface area contributed by atoms with Crippen LogP contribution in [0.2, 0.25) is 5.22 Å². The van der Waals surface area contributed by atoms with Crippen LogP contribution in [-0.4, -0.2) is 15.0 Å². The highest BCUT2D eigenvalue weighted by molar-refractivity contribution is 6.29. The van der Waals surface area contributed by atoms with Crippen LogP contribution in [0.1, 0.15) is 17.3 Å². The van der Waals surface area contributed by atoms with Gasteiger partial charge in [-0.1, -0.05) is 5.21 Å². The summed E-state index contributed by atoms with van der Waals surface area (Å²) in [5.74, 6) is 5.48. The van der Waals surface area contributed by atoms with E-state index in [1.54, 1.807) is 10.7 Å². The Balaban J connectivity index is 2.15. The summed E-state index contributed by atoms with van der Waals surface area (Å²) < 4.78 is 6.66. The molecule has 2 rings (SSSR count). The first kappa shape index (κ1) is 11.1. The zero-order valence-corrected chi connectivity index (χ0v) is 9.48. The first-order valence-electron chi connectivity index (χ1n) is 4.75. The minimum atomic E-state index is -0.136. The van der Waals surface area contributed by atoms with Gasteiger partial charge in [0.2, 0.25) is 0 Å². The van der Waals surface area contributed by atoms with E-state index in [0.717, 1.165) is 11.3 Å². The molecule has 0 aliphatic heterocycles. The normalized spacial score (nSPS) is 12.9. The average molecular weight is 242 g/mol. The van der Waals surface area contributed by atoms with E-state index >= 15 is 0 Å². The van der Waals surface area contributed by atoms with Crippen molar-refractivity contribution in [2.45, 2.75) is 12.5 Å². The summed E-state index contributed by atoms with van der Waals surface area (Å²) in [5.41, 5.74) is 4.33. The Morgan fingerprint density at radius 1 is 1.69 bits per heavy atom. The van der Waals surface area contributed by atoms with Crippen molar-refractivity contribution in [3.8, 4) is 0 Å². The van der Waals surface area contributed by atoms with Crippen LogP contribution in [-0.2, 0) is 13.5 Å². The molecule has 0 bridgehead atoms. The largest absolute Gasteiger partial charge is 0.453 e. The number of nitrogens with two attached hydrogens (primary N) is 1. The number of furan rings is 1. The number of hydrogen-bond acceptors (Lipinski definition) is 5. The zero-order valence-electron chi connectivity index (χ0n) is 8.72. The molecule has 0 aromatic carbocycles. The second-order valence-electron chi connectivity index (χ2n) is 3.46. The molecule has 86 valence electrons. The van der Waals surface area contributed by atoms with Crippen molar-refractivity contribution in [3.05, 3.63) is 35.0 Å². The molecule has 0 radical (unpaired) electrons. The monoisotopic (exact) mass is 241 g/mol. The topological polar surface area (TPSA) is 81.9 Å². The summed E-state index contributed by atoms with van der Waals surface area (Å²) in [5, 5.41) is 8.18. The van der Waals surface area contributed by atoms with E-state index in [1.807, 2.05) is 13.2 Å². The molecule has 6 nitrogen and oxygen atoms in total. The molecule has 0 saturated carbocycles. The molecular weight excluding hydrogens is 230 g/mol. The number of aromatic nitrogens is 3. The van der Waals surface area contributed by atoms with Gasteiger partial charge in [0, 0.05) is 25.2 Å². The van der Waals surface area contributed by atoms with E-state index in [2.05, 4.69) is 15.7 Å². The SMILES string of the molecule is Cn1cc(CC(NN)c2ccoc2Cl)nn1. The van der Waals surface area contributed by atoms with E-state index in [1.165, 1.54) is 6.26 Å². The summed E-state index contributed by atoms with van der Waals surface area (Å²) in [6.07, 6.45) is 3.96. The fraction of sp³-hybridized carbons (Fsp3) is 0.333. The summed E-state index contributed by atoms with van der Waals surface area (Å²) in [4.78, 5) is 0. The van der Waals surface area contributed by atoms with Crippen molar-refractivity contribution >= 4 is 11.6 Å². The van der Waals surface area contributed by atoms with Crippen molar-refractivity contribution in [1.29, 1.82) is 0 Å². The number of halogens is 1. The molecule has 3 N–H and O–H groups in total. The van der Waals surface area contributed by atoms with Crippen LogP contribution >= 0.6 is 11.6 Å². The first-order valence-corrected chi connectivity index (χ1v) is 5.12. The molecule has 2 aromatic rings. The summed E-state index contributed by atoms with van der Waals surface area (Å²) >= 11 is 5.88. The predicted octanol–water partition coefficient (Wildman–Crippen LogP) is 0.809. The quantitative estimate of drug-likeness (QED) is 0.612. The lowest BCUT2D eigenvalue weighted by atomic mass is 10.1. The maximum atomic E-state index is 5.88. The Bertz CT molecular complexity index is 466. The molecule has 2 aromatic heterocycles. The average Bonchev–Trinajstić information content (AvgIpc) is 2.84. The van der Waals surface area contributed by atoms with Gasteiger partial charge in [-0.25, -0.2) is 0 Å². The van der Waals surface area contributed by atoms with Gasteiger partial charge < -0.3 is 4.42 Å². The van der Waals surface area contributed by atoms with Gasteiger partial charge in [-0.3, -0.25) is 16.0 Å². The van der Waals surface area contributed by atoms with E-state index in [-0.39, 0.29) is 6.04 Å². The third-order valence-corrected chi connectivity index (χ3v) is 2.59. The number of hydrazine groups is 1. The van der Waals surface area contributed by atoms with Crippen molar-refractivity contribution < 1.29 is 4.42 Å². The smallest absolute Gasteiger partial charge is 0.197 e. The Morgan fingerprint density at radius 2 is 2.50 bits per heavy atom. The maximum absolute atomic E-state index is 5.88. The molecule has 16 heavy (non-hydrogen) atoms. The molecule has 0 aliphatic rings. The molecule has 0 amide bonds. The summed E-state index contributed by atoms with van der Waals surface area (Å²) in [6.45, 7) is 0. The fourth-order valence-corrected chi connectivity index (χ4v) is 1.76. The second-order valence-corrected chi connectivity index (χ2v) is 3.80. The van der Waals surface area contributed by atoms with Crippen LogP contribution in [0, 0.1) is 0 Å². The second kappa shape index (κ2) is 4.65. The number of rotatable bonds is 4. The Morgan fingerprint density at radius 3 is 3.00 bits per heavy atom. The number of aryl methyl sites for hydroxylation is 1. The van der Waals surface area contributed by atoms with Crippen LogP contribution < -0.4 is 11.3 Å². The van der Waals surface area contributed by atoms with Gasteiger partial charge in [-0.2, -0.15) is 0 Å². The molecule has 0 spiro atoms. The lowest BCUT2D eigenvalue weighted by Gasteiger charge is -2.12. The molecule has 7 heteroatoms. The molecule has 0 aliphatic carbocycles. The molecule has 2 heterocycles. The van der Waals surface area contributed by atoms with Crippen molar-refractivity contribution in [3.63, 3.8) is 0 Å². The van der Waals surface area contributed by atoms with Gasteiger partial charge in [-0.05, 0) is 17.7 Å². The van der Waals surface area contributed by atoms with E-state index in [0.29, 0.717) is 11.6 Å². The maximum Gasteiger partial charge on any atom is 0.197 e. The standard InChI is InChI=1S/C9H12ClN5O/c1-15-5-6(13-14-15)4-8(12-11)7-2-3-16-9(7)10/h2-3,5,8,12H,4,11H2,1H3. The highest BCUT2D eigenvalue weighted by Gasteiger charge is 2.17. The van der Waals surface area contributed by atoms with E-state index < -0.39 is 0 Å². The van der Waals surface area contributed by atoms with E-state index in [4.69, 9.17) is 21.9 Å². The van der Waals surface area contributed by atoms with Crippen LogP contribution in [0.25, 0.3) is 0 Å². The van der Waals surface area contributed by atoms with Crippen molar-refractivity contribution in [1.82, 2.24) is 20.4 Å². The highest BCUT2D eigenvalue weighted by Crippen LogP contribution is 2.25. The van der Waals surface area contributed by atoms with Crippen LogP contribution in [0.3, 0.4) is 0 Å². The third-order valence-electron chi connectivity index (χ3n) is 2.29. The van der Waals surface area contributed by atoms with Crippen LogP contribution in [0.5, 0.6) is 0 Å². The van der Waals surface area contributed by atoms with Crippen molar-refractivity contribution in [2.24, 2.45) is 12.9 Å². The molecule has 1 unspecified atom stereocenters. The third kappa shape index (κ3) is 2.24. The summed E-state index contributed by atoms with van der Waals surface area (Å²) in [6, 6.07) is 1.64. The minimum Gasteiger partial charge on any atom is -0.453 e. The van der Waals surface area contributed by atoms with Gasteiger partial charge in [0.05, 0.1) is 18.0 Å². The number of nitrogens with one attached hydrogen (secondary N) is 1. The molecular formula is C9H12ClN5O. The molecule has 0 fully saturated rings. The Hall–Kier alpha value is -1.37. The first-order chi connectivity index (χ1) is 7.70. The minimum absolute atomic E-state index is 0.136. The van der Waals surface area contributed by atoms with Gasteiger partial charge in [0.25, 0.3) is 0 Å². The lowest BCUT2D eigenvalue weighted by molar-refractivity contribution is 0.523. The Labute approximate surface area is 97.3 Å². The van der Waals surface area contributed by atoms with Gasteiger partial charge in [0.1, 0.15) is 0 Å². The van der Waals surface area contributed by atoms with Gasteiger partial charge in [-0.15, -0.1) is 5.10 Å². The Kier molecular flexibility index (Phi) is 3.23. The van der Waals surface area contributed by atoms with Crippen LogP contribution in [0.4, 0.5) is 0 Å². The van der Waals surface area contributed by atoms with Gasteiger partial charge >= 0.3 is 0 Å². The molecule has 0 saturated heterocycles. The number of nitrogens with zero attached hydrogens (tertiary/aromatic N) is 3. The summed E-state index contributed by atoms with van der Waals surface area (Å²) in [7, 11) is 1.81. The highest BCUT2D eigenvalue weighted by atomic mass is 35.5. The van der Waals surface area contributed by atoms with E-state index in [9.17, 15) is 0 Å². The van der Waals surface area contributed by atoms with Crippen LogP contribution in [0.15, 0.2) is 22.9 Å². The fourth-order valence-electron chi connectivity index (χ4n) is 1.51. The zero-order chi connectivity index (χ0) is 11.5. The van der Waals surface area contributed by atoms with Crippen molar-refractivity contribution in [2.75, 3.05) is 0 Å². The predicted molar refractivity (Wildman–Crippen MR) is 58.5 cm³/mol. The lowest BCUT2D eigenvalue weighted by Crippen LogP contribution is -2.29.